The molecule has 126 valence electrons. The minimum atomic E-state index is -1.00. The molecule has 0 saturated carbocycles. The SMILES string of the molecule is COc1ccc(Cl)cc1C(=O)O[C@@H](C)C(=O)Nc1ccc(Cl)cc1. The van der Waals surface area contributed by atoms with Crippen molar-refractivity contribution in [2.24, 2.45) is 0 Å². The van der Waals surface area contributed by atoms with Crippen LogP contribution in [-0.2, 0) is 9.53 Å². The molecule has 0 spiro atoms. The van der Waals surface area contributed by atoms with Crippen molar-refractivity contribution in [2.45, 2.75) is 13.0 Å². The predicted octanol–water partition coefficient (Wildman–Crippen LogP) is 4.19. The molecule has 0 aliphatic heterocycles. The summed E-state index contributed by atoms with van der Waals surface area (Å²) in [6, 6.07) is 11.1. The van der Waals surface area contributed by atoms with Gasteiger partial charge in [-0.05, 0) is 49.4 Å². The highest BCUT2D eigenvalue weighted by Crippen LogP contribution is 2.24. The number of carbonyl (C=O) groups excluding carboxylic acids is 2. The average molecular weight is 368 g/mol. The Balaban J connectivity index is 2.04. The van der Waals surface area contributed by atoms with Crippen LogP contribution in [0.3, 0.4) is 0 Å². The Bertz CT molecular complexity index is 747. The van der Waals surface area contributed by atoms with Gasteiger partial charge in [-0.2, -0.15) is 0 Å². The van der Waals surface area contributed by atoms with Gasteiger partial charge in [0.15, 0.2) is 6.10 Å². The summed E-state index contributed by atoms with van der Waals surface area (Å²) >= 11 is 11.7. The number of hydrogen-bond acceptors (Lipinski definition) is 4. The largest absolute Gasteiger partial charge is 0.496 e. The third-order valence-corrected chi connectivity index (χ3v) is 3.63. The first-order valence-corrected chi connectivity index (χ1v) is 7.77. The van der Waals surface area contributed by atoms with Gasteiger partial charge >= 0.3 is 5.97 Å². The zero-order valence-corrected chi connectivity index (χ0v) is 14.5. The smallest absolute Gasteiger partial charge is 0.342 e. The number of amides is 1. The number of carbonyl (C=O) groups is 2. The second kappa shape index (κ2) is 8.04. The lowest BCUT2D eigenvalue weighted by atomic mass is 10.2. The van der Waals surface area contributed by atoms with E-state index in [2.05, 4.69) is 5.32 Å². The Kier molecular flexibility index (Phi) is 6.06. The molecule has 0 unspecified atom stereocenters. The van der Waals surface area contributed by atoms with Gasteiger partial charge in [0.2, 0.25) is 0 Å². The number of esters is 1. The number of nitrogens with one attached hydrogen (secondary N) is 1. The second-order valence-electron chi connectivity index (χ2n) is 4.89. The summed E-state index contributed by atoms with van der Waals surface area (Å²) in [5, 5.41) is 3.55. The summed E-state index contributed by atoms with van der Waals surface area (Å²) in [6.45, 7) is 1.47. The van der Waals surface area contributed by atoms with Gasteiger partial charge in [0.25, 0.3) is 5.91 Å². The fourth-order valence-corrected chi connectivity index (χ4v) is 2.19. The first-order valence-electron chi connectivity index (χ1n) is 7.01. The Morgan fingerprint density at radius 3 is 2.29 bits per heavy atom. The lowest BCUT2D eigenvalue weighted by Gasteiger charge is -2.15. The molecule has 1 amide bonds. The predicted molar refractivity (Wildman–Crippen MR) is 93.0 cm³/mol. The summed E-state index contributed by atoms with van der Waals surface area (Å²) in [4.78, 5) is 24.3. The van der Waals surface area contributed by atoms with E-state index in [-0.39, 0.29) is 5.56 Å². The van der Waals surface area contributed by atoms with Crippen LogP contribution < -0.4 is 10.1 Å². The topological polar surface area (TPSA) is 64.6 Å². The third-order valence-electron chi connectivity index (χ3n) is 3.15. The molecule has 0 aromatic heterocycles. The number of rotatable bonds is 5. The van der Waals surface area contributed by atoms with Gasteiger partial charge < -0.3 is 14.8 Å². The molecule has 2 aromatic carbocycles. The molecule has 0 aliphatic carbocycles. The molecule has 7 heteroatoms. The first-order chi connectivity index (χ1) is 11.4. The molecule has 0 radical (unpaired) electrons. The van der Waals surface area contributed by atoms with E-state index in [1.54, 1.807) is 36.4 Å². The van der Waals surface area contributed by atoms with Crippen LogP contribution in [0.5, 0.6) is 5.75 Å². The van der Waals surface area contributed by atoms with Gasteiger partial charge in [0, 0.05) is 15.7 Å². The van der Waals surface area contributed by atoms with Gasteiger partial charge in [-0.1, -0.05) is 23.2 Å². The van der Waals surface area contributed by atoms with Gasteiger partial charge in [0.05, 0.1) is 7.11 Å². The molecular formula is C17H15Cl2NO4. The van der Waals surface area contributed by atoms with E-state index in [1.807, 2.05) is 0 Å². The molecule has 0 aliphatic rings. The minimum Gasteiger partial charge on any atom is -0.496 e. The lowest BCUT2D eigenvalue weighted by molar-refractivity contribution is -0.123. The summed E-state index contributed by atoms with van der Waals surface area (Å²) in [6.07, 6.45) is -1.00. The highest BCUT2D eigenvalue weighted by atomic mass is 35.5. The van der Waals surface area contributed by atoms with Crippen molar-refractivity contribution in [3.63, 3.8) is 0 Å². The maximum atomic E-state index is 12.2. The van der Waals surface area contributed by atoms with Crippen molar-refractivity contribution >= 4 is 40.8 Å². The Morgan fingerprint density at radius 2 is 1.67 bits per heavy atom. The van der Waals surface area contributed by atoms with Crippen molar-refractivity contribution < 1.29 is 19.1 Å². The molecule has 0 heterocycles. The van der Waals surface area contributed by atoms with Crippen molar-refractivity contribution in [3.8, 4) is 5.75 Å². The Labute approximate surface area is 149 Å². The van der Waals surface area contributed by atoms with Crippen LogP contribution in [0.25, 0.3) is 0 Å². The summed E-state index contributed by atoms with van der Waals surface area (Å²) in [5.74, 6) is -0.852. The van der Waals surface area contributed by atoms with E-state index in [0.29, 0.717) is 21.5 Å². The standard InChI is InChI=1S/C17H15Cl2NO4/c1-10(16(21)20-13-6-3-11(18)4-7-13)24-17(22)14-9-12(19)5-8-15(14)23-2/h3-10H,1-2H3,(H,20,21)/t10-/m0/s1. The number of hydrogen-bond donors (Lipinski definition) is 1. The van der Waals surface area contributed by atoms with Crippen LogP contribution in [0.1, 0.15) is 17.3 Å². The van der Waals surface area contributed by atoms with Crippen LogP contribution in [-0.4, -0.2) is 25.1 Å². The van der Waals surface area contributed by atoms with E-state index in [9.17, 15) is 9.59 Å². The summed E-state index contributed by atoms with van der Waals surface area (Å²) in [5.41, 5.74) is 0.698. The van der Waals surface area contributed by atoms with E-state index >= 15 is 0 Å². The van der Waals surface area contributed by atoms with Gasteiger partial charge in [-0.25, -0.2) is 4.79 Å². The second-order valence-corrected chi connectivity index (χ2v) is 5.76. The van der Waals surface area contributed by atoms with Crippen LogP contribution in [0.2, 0.25) is 10.0 Å². The monoisotopic (exact) mass is 367 g/mol. The zero-order chi connectivity index (χ0) is 17.7. The van der Waals surface area contributed by atoms with Crippen LogP contribution in [0.4, 0.5) is 5.69 Å². The van der Waals surface area contributed by atoms with Crippen molar-refractivity contribution in [3.05, 3.63) is 58.1 Å². The highest BCUT2D eigenvalue weighted by Gasteiger charge is 2.21. The first kappa shape index (κ1) is 18.1. The zero-order valence-electron chi connectivity index (χ0n) is 13.0. The Morgan fingerprint density at radius 1 is 1.04 bits per heavy atom. The molecule has 0 bridgehead atoms. The van der Waals surface area contributed by atoms with E-state index in [0.717, 1.165) is 0 Å². The van der Waals surface area contributed by atoms with Crippen molar-refractivity contribution in [2.75, 3.05) is 12.4 Å². The molecule has 0 saturated heterocycles. The van der Waals surface area contributed by atoms with Crippen LogP contribution in [0, 0.1) is 0 Å². The third kappa shape index (κ3) is 4.63. The fourth-order valence-electron chi connectivity index (χ4n) is 1.89. The van der Waals surface area contributed by atoms with E-state index in [4.69, 9.17) is 32.7 Å². The summed E-state index contributed by atoms with van der Waals surface area (Å²) < 4.78 is 10.3. The maximum absolute atomic E-state index is 12.2. The molecule has 2 rings (SSSR count). The molecule has 1 N–H and O–H groups in total. The van der Waals surface area contributed by atoms with Crippen LogP contribution in [0.15, 0.2) is 42.5 Å². The number of methoxy groups -OCH3 is 1. The quantitative estimate of drug-likeness (QED) is 0.804. The molecule has 5 nitrogen and oxygen atoms in total. The van der Waals surface area contributed by atoms with E-state index < -0.39 is 18.0 Å². The number of benzene rings is 2. The van der Waals surface area contributed by atoms with Crippen molar-refractivity contribution in [1.82, 2.24) is 0 Å². The van der Waals surface area contributed by atoms with Crippen LogP contribution >= 0.6 is 23.2 Å². The van der Waals surface area contributed by atoms with Gasteiger partial charge in [-0.15, -0.1) is 0 Å². The molecule has 0 fully saturated rings. The number of ether oxygens (including phenoxy) is 2. The highest BCUT2D eigenvalue weighted by molar-refractivity contribution is 6.31. The lowest BCUT2D eigenvalue weighted by Crippen LogP contribution is -2.30. The Hall–Kier alpha value is -2.24. The number of anilines is 1. The fraction of sp³-hybridized carbons (Fsp3) is 0.176. The molecular weight excluding hydrogens is 353 g/mol. The summed E-state index contributed by atoms with van der Waals surface area (Å²) in [7, 11) is 1.43. The molecule has 24 heavy (non-hydrogen) atoms. The van der Waals surface area contributed by atoms with Crippen molar-refractivity contribution in [1.29, 1.82) is 0 Å². The minimum absolute atomic E-state index is 0.149. The van der Waals surface area contributed by atoms with Gasteiger partial charge in [0.1, 0.15) is 11.3 Å². The average Bonchev–Trinajstić information content (AvgIpc) is 2.56. The van der Waals surface area contributed by atoms with Gasteiger partial charge in [-0.3, -0.25) is 4.79 Å². The normalized spacial score (nSPS) is 11.5. The maximum Gasteiger partial charge on any atom is 0.342 e. The number of halogens is 2. The molecule has 2 aromatic rings. The van der Waals surface area contributed by atoms with E-state index in [1.165, 1.54) is 20.1 Å². The molecule has 1 atom stereocenters.